The lowest BCUT2D eigenvalue weighted by atomic mass is 9.93. The maximum atomic E-state index is 5.31. The van der Waals surface area contributed by atoms with Gasteiger partial charge in [-0.05, 0) is 48.4 Å². The summed E-state index contributed by atoms with van der Waals surface area (Å²) < 4.78 is 5.31. The van der Waals surface area contributed by atoms with Crippen molar-refractivity contribution in [1.82, 2.24) is 0 Å². The van der Waals surface area contributed by atoms with Gasteiger partial charge in [-0.15, -0.1) is 0 Å². The molecule has 4 aromatic rings. The van der Waals surface area contributed by atoms with Crippen molar-refractivity contribution >= 4 is 23.0 Å². The molecule has 0 aliphatic heterocycles. The maximum Gasteiger partial charge on any atom is 0.119 e. The Bertz CT molecular complexity index is 1190. The quantitative estimate of drug-likeness (QED) is 0.243. The van der Waals surface area contributed by atoms with Gasteiger partial charge in [0.25, 0.3) is 0 Å². The number of rotatable bonds is 6. The summed E-state index contributed by atoms with van der Waals surface area (Å²) in [6.45, 7) is 2.11. The van der Waals surface area contributed by atoms with Crippen LogP contribution in [0, 0.1) is 6.92 Å². The van der Waals surface area contributed by atoms with Crippen LogP contribution < -0.4 is 4.74 Å². The highest BCUT2D eigenvalue weighted by atomic mass is 16.5. The van der Waals surface area contributed by atoms with Gasteiger partial charge in [0, 0.05) is 11.1 Å². The van der Waals surface area contributed by atoms with Gasteiger partial charge in [0.05, 0.1) is 18.5 Å². The van der Waals surface area contributed by atoms with E-state index in [-0.39, 0.29) is 0 Å². The first kappa shape index (κ1) is 20.4. The lowest BCUT2D eigenvalue weighted by molar-refractivity contribution is 0.415. The minimum Gasteiger partial charge on any atom is -0.497 e. The number of allylic oxidation sites excluding steroid dienone is 1. The molecule has 4 rings (SSSR count). The van der Waals surface area contributed by atoms with Gasteiger partial charge in [-0.1, -0.05) is 90.5 Å². The van der Waals surface area contributed by atoms with Crippen LogP contribution in [0.25, 0.3) is 11.6 Å². The number of benzene rings is 4. The van der Waals surface area contributed by atoms with Crippen LogP contribution in [0.5, 0.6) is 5.75 Å². The van der Waals surface area contributed by atoms with E-state index in [1.165, 1.54) is 5.56 Å². The zero-order valence-electron chi connectivity index (χ0n) is 17.8. The van der Waals surface area contributed by atoms with E-state index < -0.39 is 0 Å². The Hall–Kier alpha value is -3.91. The number of aryl methyl sites for hydroxylation is 1. The molecule has 0 bridgehead atoms. The van der Waals surface area contributed by atoms with Crippen LogP contribution in [0.2, 0.25) is 0 Å². The molecule has 0 saturated heterocycles. The summed E-state index contributed by atoms with van der Waals surface area (Å²) in [7, 11) is 1.67. The van der Waals surface area contributed by atoms with Crippen molar-refractivity contribution in [2.45, 2.75) is 6.92 Å². The van der Waals surface area contributed by atoms with Gasteiger partial charge in [-0.3, -0.25) is 0 Å². The van der Waals surface area contributed by atoms with Gasteiger partial charge in [-0.2, -0.15) is 0 Å². The highest BCUT2D eigenvalue weighted by molar-refractivity contribution is 6.35. The molecule has 0 fully saturated rings. The summed E-state index contributed by atoms with van der Waals surface area (Å²) in [6.07, 6.45) is 2.22. The van der Waals surface area contributed by atoms with Crippen LogP contribution in [-0.4, -0.2) is 12.8 Å². The van der Waals surface area contributed by atoms with Gasteiger partial charge < -0.3 is 4.74 Å². The van der Waals surface area contributed by atoms with E-state index in [1.807, 2.05) is 48.5 Å². The molecule has 0 aliphatic carbocycles. The molecule has 0 atom stereocenters. The Morgan fingerprint density at radius 1 is 0.710 bits per heavy atom. The maximum absolute atomic E-state index is 5.31. The first-order valence-electron chi connectivity index (χ1n) is 10.4. The van der Waals surface area contributed by atoms with Crippen LogP contribution in [0.1, 0.15) is 22.3 Å². The lowest BCUT2D eigenvalue weighted by Gasteiger charge is -2.14. The Balaban J connectivity index is 1.92. The van der Waals surface area contributed by atoms with Crippen molar-refractivity contribution in [1.29, 1.82) is 0 Å². The molecule has 0 saturated carbocycles. The second-order valence-electron chi connectivity index (χ2n) is 7.36. The van der Waals surface area contributed by atoms with Crippen LogP contribution in [0.3, 0.4) is 0 Å². The fraction of sp³-hybridized carbons (Fsp3) is 0.0690. The second kappa shape index (κ2) is 9.73. The lowest BCUT2D eigenvalue weighted by Crippen LogP contribution is -2.04. The van der Waals surface area contributed by atoms with Gasteiger partial charge in [-0.25, -0.2) is 4.99 Å². The summed E-state index contributed by atoms with van der Waals surface area (Å²) >= 11 is 0. The molecule has 0 heterocycles. The highest BCUT2D eigenvalue weighted by Crippen LogP contribution is 2.27. The zero-order valence-corrected chi connectivity index (χ0v) is 17.8. The largest absolute Gasteiger partial charge is 0.497 e. The molecular formula is C29H25NO. The Morgan fingerprint density at radius 2 is 1.35 bits per heavy atom. The molecule has 2 heteroatoms. The number of hydrogen-bond acceptors (Lipinski definition) is 2. The van der Waals surface area contributed by atoms with Crippen LogP contribution >= 0.6 is 0 Å². The molecule has 0 N–H and O–H groups in total. The van der Waals surface area contributed by atoms with Crippen molar-refractivity contribution in [3.63, 3.8) is 0 Å². The van der Waals surface area contributed by atoms with E-state index in [9.17, 15) is 0 Å². The van der Waals surface area contributed by atoms with E-state index in [0.717, 1.165) is 39.4 Å². The third-order valence-electron chi connectivity index (χ3n) is 5.05. The van der Waals surface area contributed by atoms with Crippen molar-refractivity contribution < 1.29 is 4.74 Å². The van der Waals surface area contributed by atoms with Crippen molar-refractivity contribution in [3.8, 4) is 5.75 Å². The fourth-order valence-electron chi connectivity index (χ4n) is 3.49. The van der Waals surface area contributed by atoms with Crippen LogP contribution in [0.15, 0.2) is 114 Å². The third kappa shape index (κ3) is 5.18. The molecule has 4 aromatic carbocycles. The Kier molecular flexibility index (Phi) is 6.39. The summed E-state index contributed by atoms with van der Waals surface area (Å²) in [5.41, 5.74) is 7.46. The molecule has 31 heavy (non-hydrogen) atoms. The molecule has 2 nitrogen and oxygen atoms in total. The minimum absolute atomic E-state index is 0.818. The summed E-state index contributed by atoms with van der Waals surface area (Å²) in [5.74, 6) is 0.818. The number of aliphatic imine (C=N–C) groups is 1. The first-order valence-corrected chi connectivity index (χ1v) is 10.4. The monoisotopic (exact) mass is 403 g/mol. The normalized spacial score (nSPS) is 11.9. The molecule has 0 aliphatic rings. The third-order valence-corrected chi connectivity index (χ3v) is 5.05. The summed E-state index contributed by atoms with van der Waals surface area (Å²) in [4.78, 5) is 5.09. The average Bonchev–Trinajstić information content (AvgIpc) is 2.83. The molecule has 0 amide bonds. The molecule has 152 valence electrons. The predicted octanol–water partition coefficient (Wildman–Crippen LogP) is 7.37. The van der Waals surface area contributed by atoms with Gasteiger partial charge in [0.1, 0.15) is 5.75 Å². The van der Waals surface area contributed by atoms with Crippen LogP contribution in [-0.2, 0) is 0 Å². The summed E-state index contributed by atoms with van der Waals surface area (Å²) in [6, 6.07) is 37.1. The standard InChI is InChI=1S/C29H25NO/c1-22-10-9-11-23(20-22)21-28(24-12-5-3-6-13-24)29(25-14-7-4-8-15-25)30-26-16-18-27(31-2)19-17-26/h3-21H,1-2H3/b28-21+,30-29?. The van der Waals surface area contributed by atoms with Gasteiger partial charge >= 0.3 is 0 Å². The number of hydrogen-bond donors (Lipinski definition) is 0. The number of ether oxygens (including phenoxy) is 1. The van der Waals surface area contributed by atoms with Crippen LogP contribution in [0.4, 0.5) is 5.69 Å². The molecule has 0 unspecified atom stereocenters. The highest BCUT2D eigenvalue weighted by Gasteiger charge is 2.13. The van der Waals surface area contributed by atoms with Gasteiger partial charge in [0.2, 0.25) is 0 Å². The van der Waals surface area contributed by atoms with Gasteiger partial charge in [0.15, 0.2) is 0 Å². The van der Waals surface area contributed by atoms with Crippen molar-refractivity contribution in [3.05, 3.63) is 131 Å². The number of nitrogens with zero attached hydrogens (tertiary/aromatic N) is 1. The fourth-order valence-corrected chi connectivity index (χ4v) is 3.49. The Labute approximate surface area is 184 Å². The smallest absolute Gasteiger partial charge is 0.119 e. The molecule has 0 aromatic heterocycles. The van der Waals surface area contributed by atoms with E-state index >= 15 is 0 Å². The molecular weight excluding hydrogens is 378 g/mol. The minimum atomic E-state index is 0.818. The first-order chi connectivity index (χ1) is 15.2. The SMILES string of the molecule is COc1ccc(N=C(/C(=C/c2cccc(C)c2)c2ccccc2)c2ccccc2)cc1. The zero-order chi connectivity index (χ0) is 21.5. The average molecular weight is 404 g/mol. The van der Waals surface area contributed by atoms with E-state index in [0.29, 0.717) is 0 Å². The van der Waals surface area contributed by atoms with E-state index in [4.69, 9.17) is 9.73 Å². The van der Waals surface area contributed by atoms with Crippen molar-refractivity contribution in [2.24, 2.45) is 4.99 Å². The summed E-state index contributed by atoms with van der Waals surface area (Å²) in [5, 5.41) is 0. The number of methoxy groups -OCH3 is 1. The van der Waals surface area contributed by atoms with E-state index in [2.05, 4.69) is 73.7 Å². The molecule has 0 radical (unpaired) electrons. The second-order valence-corrected chi connectivity index (χ2v) is 7.36. The predicted molar refractivity (Wildman–Crippen MR) is 131 cm³/mol. The Morgan fingerprint density at radius 3 is 1.97 bits per heavy atom. The van der Waals surface area contributed by atoms with E-state index in [1.54, 1.807) is 7.11 Å². The molecule has 0 spiro atoms. The topological polar surface area (TPSA) is 21.6 Å². The van der Waals surface area contributed by atoms with Crippen molar-refractivity contribution in [2.75, 3.05) is 7.11 Å².